The number of anilines is 2. The Bertz CT molecular complexity index is 977. The van der Waals surface area contributed by atoms with E-state index in [1.165, 1.54) is 18.2 Å². The number of nitrogens with two attached hydrogens (primary N) is 1. The number of carbonyl (C=O) groups excluding carboxylic acids is 1. The molecule has 0 fully saturated rings. The average molecular weight is 325 g/mol. The van der Waals surface area contributed by atoms with Crippen molar-refractivity contribution in [2.45, 2.75) is 6.92 Å². The molecule has 3 rings (SSSR count). The number of hydrogen-bond acceptors (Lipinski definition) is 5. The largest absolute Gasteiger partial charge is 0.398 e. The van der Waals surface area contributed by atoms with E-state index in [0.717, 1.165) is 16.9 Å². The lowest BCUT2D eigenvalue weighted by molar-refractivity contribution is -0.385. The quantitative estimate of drug-likeness (QED) is 0.436. The second-order valence-electron chi connectivity index (χ2n) is 5.37. The van der Waals surface area contributed by atoms with Crippen molar-refractivity contribution in [3.8, 4) is 0 Å². The smallest absolute Gasteiger partial charge is 0.284 e. The fraction of sp³-hybridized carbons (Fsp3) is 0.125. The molecule has 0 radical (unpaired) electrons. The van der Waals surface area contributed by atoms with Crippen molar-refractivity contribution >= 4 is 34.0 Å². The van der Waals surface area contributed by atoms with Crippen molar-refractivity contribution in [1.82, 2.24) is 9.55 Å². The van der Waals surface area contributed by atoms with Gasteiger partial charge in [0.25, 0.3) is 11.6 Å². The van der Waals surface area contributed by atoms with E-state index in [1.807, 2.05) is 24.6 Å². The average Bonchev–Trinajstić information content (AvgIpc) is 2.81. The standard InChI is InChI=1S/C16H15N5O3/c1-9-18-12-8-10(6-7-13(12)20(9)2)19-16(22)15-11(17)4-3-5-14(15)21(23)24/h3-8H,17H2,1-2H3,(H,19,22). The molecule has 122 valence electrons. The minimum Gasteiger partial charge on any atom is -0.398 e. The molecule has 1 heterocycles. The zero-order valence-electron chi connectivity index (χ0n) is 13.1. The lowest BCUT2D eigenvalue weighted by Crippen LogP contribution is -2.16. The normalized spacial score (nSPS) is 10.8. The fourth-order valence-electron chi connectivity index (χ4n) is 2.55. The molecule has 2 aromatic carbocycles. The molecule has 0 aliphatic carbocycles. The second kappa shape index (κ2) is 5.65. The van der Waals surface area contributed by atoms with Crippen LogP contribution in [0.15, 0.2) is 36.4 Å². The van der Waals surface area contributed by atoms with Crippen LogP contribution in [0.3, 0.4) is 0 Å². The van der Waals surface area contributed by atoms with E-state index in [9.17, 15) is 14.9 Å². The highest BCUT2D eigenvalue weighted by atomic mass is 16.6. The Hall–Kier alpha value is -3.42. The molecular formula is C16H15N5O3. The summed E-state index contributed by atoms with van der Waals surface area (Å²) >= 11 is 0. The Balaban J connectivity index is 1.97. The van der Waals surface area contributed by atoms with Crippen LogP contribution in [0.5, 0.6) is 0 Å². The van der Waals surface area contributed by atoms with E-state index in [-0.39, 0.29) is 16.9 Å². The zero-order chi connectivity index (χ0) is 17.4. The number of benzene rings is 2. The highest BCUT2D eigenvalue weighted by Crippen LogP contribution is 2.26. The first-order valence-electron chi connectivity index (χ1n) is 7.16. The Kier molecular flexibility index (Phi) is 3.64. The number of aryl methyl sites for hydroxylation is 2. The molecule has 0 aliphatic rings. The van der Waals surface area contributed by atoms with Crippen LogP contribution in [-0.4, -0.2) is 20.4 Å². The maximum Gasteiger partial charge on any atom is 0.284 e. The van der Waals surface area contributed by atoms with E-state index in [0.29, 0.717) is 5.69 Å². The maximum atomic E-state index is 12.4. The van der Waals surface area contributed by atoms with Crippen molar-refractivity contribution < 1.29 is 9.72 Å². The van der Waals surface area contributed by atoms with Crippen LogP contribution < -0.4 is 11.1 Å². The van der Waals surface area contributed by atoms with Crippen LogP contribution in [-0.2, 0) is 7.05 Å². The molecule has 0 unspecified atom stereocenters. The summed E-state index contributed by atoms with van der Waals surface area (Å²) in [4.78, 5) is 27.3. The van der Waals surface area contributed by atoms with Crippen LogP contribution >= 0.6 is 0 Å². The molecule has 8 nitrogen and oxygen atoms in total. The molecule has 3 aromatic rings. The van der Waals surface area contributed by atoms with Crippen LogP contribution in [0.2, 0.25) is 0 Å². The van der Waals surface area contributed by atoms with Crippen LogP contribution in [0.1, 0.15) is 16.2 Å². The predicted octanol–water partition coefficient (Wildman–Crippen LogP) is 2.62. The van der Waals surface area contributed by atoms with E-state index in [4.69, 9.17) is 5.73 Å². The van der Waals surface area contributed by atoms with E-state index >= 15 is 0 Å². The van der Waals surface area contributed by atoms with Gasteiger partial charge in [0.05, 0.1) is 21.6 Å². The molecule has 0 aliphatic heterocycles. The Labute approximate surface area is 137 Å². The van der Waals surface area contributed by atoms with Gasteiger partial charge in [0.2, 0.25) is 0 Å². The number of carbonyl (C=O) groups is 1. The van der Waals surface area contributed by atoms with Gasteiger partial charge in [0.15, 0.2) is 0 Å². The van der Waals surface area contributed by atoms with Gasteiger partial charge in [-0.15, -0.1) is 0 Å². The Morgan fingerprint density at radius 1 is 1.33 bits per heavy atom. The minimum absolute atomic E-state index is 0.0523. The van der Waals surface area contributed by atoms with Crippen molar-refractivity contribution in [3.05, 3.63) is 57.9 Å². The number of amides is 1. The number of fused-ring (bicyclic) bond motifs is 1. The van der Waals surface area contributed by atoms with Gasteiger partial charge < -0.3 is 15.6 Å². The van der Waals surface area contributed by atoms with E-state index in [2.05, 4.69) is 10.3 Å². The summed E-state index contributed by atoms with van der Waals surface area (Å²) in [5, 5.41) is 13.7. The van der Waals surface area contributed by atoms with Gasteiger partial charge in [-0.05, 0) is 31.2 Å². The molecule has 3 N–H and O–H groups in total. The first-order chi connectivity index (χ1) is 11.4. The summed E-state index contributed by atoms with van der Waals surface area (Å²) < 4.78 is 1.93. The highest BCUT2D eigenvalue weighted by molar-refractivity contribution is 6.11. The van der Waals surface area contributed by atoms with Gasteiger partial charge in [-0.1, -0.05) is 6.07 Å². The molecule has 1 amide bonds. The lowest BCUT2D eigenvalue weighted by Gasteiger charge is -2.08. The molecule has 0 spiro atoms. The van der Waals surface area contributed by atoms with Crippen molar-refractivity contribution in [1.29, 1.82) is 0 Å². The number of nitro groups is 1. The molecule has 0 bridgehead atoms. The van der Waals surface area contributed by atoms with Gasteiger partial charge >= 0.3 is 0 Å². The number of aromatic nitrogens is 2. The van der Waals surface area contributed by atoms with Crippen LogP contribution in [0.4, 0.5) is 17.1 Å². The number of nitro benzene ring substituents is 1. The molecule has 0 atom stereocenters. The monoisotopic (exact) mass is 325 g/mol. The Morgan fingerprint density at radius 3 is 2.79 bits per heavy atom. The number of hydrogen-bond donors (Lipinski definition) is 2. The van der Waals surface area contributed by atoms with Gasteiger partial charge in [-0.3, -0.25) is 14.9 Å². The van der Waals surface area contributed by atoms with Gasteiger partial charge in [0.1, 0.15) is 11.4 Å². The molecule has 0 saturated carbocycles. The number of nitrogens with one attached hydrogen (secondary N) is 1. The SMILES string of the molecule is Cc1nc2cc(NC(=O)c3c(N)cccc3[N+](=O)[O-])ccc2n1C. The molecule has 0 saturated heterocycles. The first-order valence-corrected chi connectivity index (χ1v) is 7.16. The summed E-state index contributed by atoms with van der Waals surface area (Å²) in [5.74, 6) is 0.211. The summed E-state index contributed by atoms with van der Waals surface area (Å²) in [5.41, 5.74) is 7.46. The summed E-state index contributed by atoms with van der Waals surface area (Å²) in [6.07, 6.45) is 0. The first kappa shape index (κ1) is 15.5. The number of nitrogens with zero attached hydrogens (tertiary/aromatic N) is 3. The van der Waals surface area contributed by atoms with Gasteiger partial charge in [-0.2, -0.15) is 0 Å². The van der Waals surface area contributed by atoms with Crippen LogP contribution in [0, 0.1) is 17.0 Å². The third-order valence-corrected chi connectivity index (χ3v) is 3.86. The van der Waals surface area contributed by atoms with E-state index < -0.39 is 10.8 Å². The topological polar surface area (TPSA) is 116 Å². The van der Waals surface area contributed by atoms with Gasteiger partial charge in [0, 0.05) is 18.8 Å². The number of rotatable bonds is 3. The third kappa shape index (κ3) is 2.54. The zero-order valence-corrected chi connectivity index (χ0v) is 13.1. The van der Waals surface area contributed by atoms with Crippen molar-refractivity contribution in [3.63, 3.8) is 0 Å². The number of nitrogen functional groups attached to an aromatic ring is 1. The van der Waals surface area contributed by atoms with Crippen LogP contribution in [0.25, 0.3) is 11.0 Å². The summed E-state index contributed by atoms with van der Waals surface area (Å²) in [6.45, 7) is 1.88. The molecule has 8 heteroatoms. The summed E-state index contributed by atoms with van der Waals surface area (Å²) in [7, 11) is 1.90. The highest BCUT2D eigenvalue weighted by Gasteiger charge is 2.23. The second-order valence-corrected chi connectivity index (χ2v) is 5.37. The lowest BCUT2D eigenvalue weighted by atomic mass is 10.1. The van der Waals surface area contributed by atoms with E-state index in [1.54, 1.807) is 12.1 Å². The minimum atomic E-state index is -0.633. The van der Waals surface area contributed by atoms with Gasteiger partial charge in [-0.25, -0.2) is 4.98 Å². The fourth-order valence-corrected chi connectivity index (χ4v) is 2.55. The maximum absolute atomic E-state index is 12.4. The van der Waals surface area contributed by atoms with Crippen molar-refractivity contribution in [2.75, 3.05) is 11.1 Å². The predicted molar refractivity (Wildman–Crippen MR) is 90.9 cm³/mol. The third-order valence-electron chi connectivity index (χ3n) is 3.86. The summed E-state index contributed by atoms with van der Waals surface area (Å²) in [6, 6.07) is 9.39. The molecular weight excluding hydrogens is 310 g/mol. The Morgan fingerprint density at radius 2 is 2.08 bits per heavy atom. The molecule has 24 heavy (non-hydrogen) atoms. The van der Waals surface area contributed by atoms with Crippen molar-refractivity contribution in [2.24, 2.45) is 7.05 Å². The molecule has 1 aromatic heterocycles. The number of imidazole rings is 1.